The summed E-state index contributed by atoms with van der Waals surface area (Å²) in [4.78, 5) is 0. The lowest BCUT2D eigenvalue weighted by Crippen LogP contribution is -2.37. The second kappa shape index (κ2) is 8.56. The topological polar surface area (TPSA) is 30.5 Å². The summed E-state index contributed by atoms with van der Waals surface area (Å²) in [5.74, 6) is 1.41. The number of rotatable bonds is 8. The molecule has 1 aromatic rings. The molecule has 0 heterocycles. The molecular weight excluding hydrogens is 306 g/mol. The molecule has 0 aliphatic heterocycles. The number of hydrogen-bond donors (Lipinski definition) is 1. The lowest BCUT2D eigenvalue weighted by Gasteiger charge is -2.22. The number of benzene rings is 1. The molecule has 0 aliphatic rings. The molecule has 0 radical (unpaired) electrons. The van der Waals surface area contributed by atoms with Crippen LogP contribution in [0.2, 0.25) is 0 Å². The van der Waals surface area contributed by atoms with Crippen LogP contribution >= 0.6 is 15.9 Å². The van der Waals surface area contributed by atoms with Crippen molar-refractivity contribution < 1.29 is 9.47 Å². The number of ether oxygens (including phenoxy) is 2. The van der Waals surface area contributed by atoms with Gasteiger partial charge in [-0.05, 0) is 46.5 Å². The van der Waals surface area contributed by atoms with Gasteiger partial charge in [0.05, 0.1) is 18.2 Å². The maximum atomic E-state index is 5.51. The van der Waals surface area contributed by atoms with Crippen LogP contribution in [0.25, 0.3) is 0 Å². The first-order valence-electron chi connectivity index (χ1n) is 6.72. The zero-order chi connectivity index (χ0) is 14.3. The zero-order valence-corrected chi connectivity index (χ0v) is 13.8. The molecule has 108 valence electrons. The van der Waals surface area contributed by atoms with Crippen molar-refractivity contribution in [1.82, 2.24) is 5.32 Å². The van der Waals surface area contributed by atoms with Crippen LogP contribution in [0.1, 0.15) is 26.3 Å². The van der Waals surface area contributed by atoms with Crippen LogP contribution in [0.15, 0.2) is 22.7 Å². The van der Waals surface area contributed by atoms with Gasteiger partial charge in [0.2, 0.25) is 0 Å². The first-order chi connectivity index (χ1) is 9.08. The number of halogens is 1. The van der Waals surface area contributed by atoms with Gasteiger partial charge in [0, 0.05) is 19.2 Å². The summed E-state index contributed by atoms with van der Waals surface area (Å²) in [5, 5.41) is 3.55. The van der Waals surface area contributed by atoms with Gasteiger partial charge in [0.25, 0.3) is 0 Å². The summed E-state index contributed by atoms with van der Waals surface area (Å²) < 4.78 is 11.7. The average molecular weight is 330 g/mol. The van der Waals surface area contributed by atoms with E-state index in [1.807, 2.05) is 13.0 Å². The van der Waals surface area contributed by atoms with Gasteiger partial charge in [-0.3, -0.25) is 0 Å². The van der Waals surface area contributed by atoms with Crippen LogP contribution in [0.3, 0.4) is 0 Å². The Hall–Kier alpha value is -0.580. The van der Waals surface area contributed by atoms with Gasteiger partial charge in [-0.15, -0.1) is 0 Å². The van der Waals surface area contributed by atoms with Crippen LogP contribution in [-0.4, -0.2) is 26.4 Å². The van der Waals surface area contributed by atoms with Crippen LogP contribution in [0.5, 0.6) is 5.75 Å². The lowest BCUT2D eigenvalue weighted by atomic mass is 10.0. The molecule has 0 bridgehead atoms. The van der Waals surface area contributed by atoms with Crippen molar-refractivity contribution in [3.8, 4) is 5.75 Å². The molecule has 1 aromatic carbocycles. The van der Waals surface area contributed by atoms with Crippen molar-refractivity contribution in [2.75, 3.05) is 20.3 Å². The standard InChI is InChI=1S/C15H24BrNO2/c1-5-19-10-14(11(2)3)17-9-12-6-7-15(18-4)13(16)8-12/h6-8,11,14,17H,5,9-10H2,1-4H3. The summed E-state index contributed by atoms with van der Waals surface area (Å²) in [7, 11) is 1.68. The molecular formula is C15H24BrNO2. The van der Waals surface area contributed by atoms with Gasteiger partial charge in [-0.25, -0.2) is 0 Å². The van der Waals surface area contributed by atoms with Crippen LogP contribution in [0.4, 0.5) is 0 Å². The van der Waals surface area contributed by atoms with E-state index in [0.717, 1.165) is 30.0 Å². The quantitative estimate of drug-likeness (QED) is 0.790. The van der Waals surface area contributed by atoms with Gasteiger partial charge in [0.1, 0.15) is 5.75 Å². The monoisotopic (exact) mass is 329 g/mol. The Balaban J connectivity index is 2.56. The Labute approximate surface area is 124 Å². The third-order valence-electron chi connectivity index (χ3n) is 3.09. The molecule has 3 nitrogen and oxygen atoms in total. The summed E-state index contributed by atoms with van der Waals surface area (Å²) in [6, 6.07) is 6.52. The Morgan fingerprint density at radius 3 is 2.58 bits per heavy atom. The summed E-state index contributed by atoms with van der Waals surface area (Å²) in [6.07, 6.45) is 0. The molecule has 0 amide bonds. The molecule has 0 aromatic heterocycles. The van der Waals surface area contributed by atoms with Crippen molar-refractivity contribution in [3.05, 3.63) is 28.2 Å². The van der Waals surface area contributed by atoms with Gasteiger partial charge >= 0.3 is 0 Å². The highest BCUT2D eigenvalue weighted by Gasteiger charge is 2.13. The minimum atomic E-state index is 0.376. The van der Waals surface area contributed by atoms with E-state index in [0.29, 0.717) is 12.0 Å². The van der Waals surface area contributed by atoms with E-state index in [-0.39, 0.29) is 0 Å². The Morgan fingerprint density at radius 1 is 1.32 bits per heavy atom. The van der Waals surface area contributed by atoms with Crippen molar-refractivity contribution in [2.45, 2.75) is 33.4 Å². The fourth-order valence-corrected chi connectivity index (χ4v) is 2.39. The maximum absolute atomic E-state index is 5.51. The van der Waals surface area contributed by atoms with E-state index in [1.54, 1.807) is 7.11 Å². The summed E-state index contributed by atoms with van der Waals surface area (Å²) in [5.41, 5.74) is 1.23. The second-order valence-corrected chi connectivity index (χ2v) is 5.71. The highest BCUT2D eigenvalue weighted by Crippen LogP contribution is 2.25. The van der Waals surface area contributed by atoms with Gasteiger partial charge in [-0.2, -0.15) is 0 Å². The van der Waals surface area contributed by atoms with E-state index < -0.39 is 0 Å². The Kier molecular flexibility index (Phi) is 7.42. The number of methoxy groups -OCH3 is 1. The predicted molar refractivity (Wildman–Crippen MR) is 82.7 cm³/mol. The van der Waals surface area contributed by atoms with Crippen molar-refractivity contribution in [1.29, 1.82) is 0 Å². The minimum absolute atomic E-state index is 0.376. The predicted octanol–water partition coefficient (Wildman–Crippen LogP) is 3.61. The zero-order valence-electron chi connectivity index (χ0n) is 12.2. The van der Waals surface area contributed by atoms with Crippen LogP contribution in [0, 0.1) is 5.92 Å². The lowest BCUT2D eigenvalue weighted by molar-refractivity contribution is 0.108. The Bertz CT molecular complexity index is 382. The molecule has 19 heavy (non-hydrogen) atoms. The van der Waals surface area contributed by atoms with E-state index >= 15 is 0 Å². The van der Waals surface area contributed by atoms with Crippen molar-refractivity contribution in [3.63, 3.8) is 0 Å². The Morgan fingerprint density at radius 2 is 2.05 bits per heavy atom. The molecule has 1 unspecified atom stereocenters. The van der Waals surface area contributed by atoms with Gasteiger partial charge < -0.3 is 14.8 Å². The highest BCUT2D eigenvalue weighted by atomic mass is 79.9. The fraction of sp³-hybridized carbons (Fsp3) is 0.600. The molecule has 0 saturated heterocycles. The van der Waals surface area contributed by atoms with Crippen molar-refractivity contribution in [2.24, 2.45) is 5.92 Å². The third-order valence-corrected chi connectivity index (χ3v) is 3.71. The molecule has 1 N–H and O–H groups in total. The first-order valence-corrected chi connectivity index (χ1v) is 7.51. The largest absolute Gasteiger partial charge is 0.496 e. The fourth-order valence-electron chi connectivity index (χ4n) is 1.80. The van der Waals surface area contributed by atoms with Crippen LogP contribution < -0.4 is 10.1 Å². The SMILES string of the molecule is CCOCC(NCc1ccc(OC)c(Br)c1)C(C)C. The van der Waals surface area contributed by atoms with E-state index in [9.17, 15) is 0 Å². The number of nitrogens with one attached hydrogen (secondary N) is 1. The maximum Gasteiger partial charge on any atom is 0.133 e. The molecule has 4 heteroatoms. The van der Waals surface area contributed by atoms with E-state index in [4.69, 9.17) is 9.47 Å². The van der Waals surface area contributed by atoms with Crippen molar-refractivity contribution >= 4 is 15.9 Å². The number of hydrogen-bond acceptors (Lipinski definition) is 3. The smallest absolute Gasteiger partial charge is 0.133 e. The van der Waals surface area contributed by atoms with Crippen LogP contribution in [-0.2, 0) is 11.3 Å². The van der Waals surface area contributed by atoms with E-state index in [1.165, 1.54) is 5.56 Å². The molecule has 0 spiro atoms. The first kappa shape index (κ1) is 16.5. The average Bonchev–Trinajstić information content (AvgIpc) is 2.38. The van der Waals surface area contributed by atoms with Gasteiger partial charge in [0.15, 0.2) is 0 Å². The minimum Gasteiger partial charge on any atom is -0.496 e. The molecule has 0 saturated carbocycles. The second-order valence-electron chi connectivity index (χ2n) is 4.86. The molecule has 1 atom stereocenters. The molecule has 0 fully saturated rings. The van der Waals surface area contributed by atoms with Gasteiger partial charge in [-0.1, -0.05) is 19.9 Å². The molecule has 0 aliphatic carbocycles. The van der Waals surface area contributed by atoms with E-state index in [2.05, 4.69) is 47.2 Å². The third kappa shape index (κ3) is 5.51. The normalized spacial score (nSPS) is 12.7. The molecule has 1 rings (SSSR count). The summed E-state index contributed by atoms with van der Waals surface area (Å²) in [6.45, 7) is 8.79. The summed E-state index contributed by atoms with van der Waals surface area (Å²) >= 11 is 3.51. The highest BCUT2D eigenvalue weighted by molar-refractivity contribution is 9.10.